The second-order valence-corrected chi connectivity index (χ2v) is 4.06. The molecule has 0 aliphatic rings. The van der Waals surface area contributed by atoms with Gasteiger partial charge < -0.3 is 14.2 Å². The molecule has 0 bridgehead atoms. The summed E-state index contributed by atoms with van der Waals surface area (Å²) < 4.78 is 15.1. The van der Waals surface area contributed by atoms with Crippen LogP contribution in [0.25, 0.3) is 10.8 Å². The molecule has 0 aliphatic carbocycles. The Morgan fingerprint density at radius 2 is 1.74 bits per heavy atom. The Labute approximate surface area is 111 Å². The van der Waals surface area contributed by atoms with Gasteiger partial charge in [-0.25, -0.2) is 4.79 Å². The van der Waals surface area contributed by atoms with Crippen molar-refractivity contribution < 1.29 is 19.0 Å². The predicted molar refractivity (Wildman–Crippen MR) is 72.7 cm³/mol. The quantitative estimate of drug-likeness (QED) is 0.612. The van der Waals surface area contributed by atoms with Gasteiger partial charge in [0.2, 0.25) is 0 Å². The Bertz CT molecular complexity index is 577. The molecule has 2 aromatic carbocycles. The predicted octanol–water partition coefficient (Wildman–Crippen LogP) is 2.65. The average Bonchev–Trinajstić information content (AvgIpc) is 2.46. The highest BCUT2D eigenvalue weighted by Crippen LogP contribution is 2.22. The van der Waals surface area contributed by atoms with Crippen LogP contribution in [0.15, 0.2) is 36.4 Å². The number of hydrogen-bond acceptors (Lipinski definition) is 4. The number of ether oxygens (including phenoxy) is 3. The Morgan fingerprint density at radius 1 is 1.00 bits per heavy atom. The lowest BCUT2D eigenvalue weighted by Crippen LogP contribution is -2.09. The minimum absolute atomic E-state index is 0.260. The minimum atomic E-state index is -0.338. The Hall–Kier alpha value is -2.07. The fourth-order valence-electron chi connectivity index (χ4n) is 1.78. The molecule has 4 heteroatoms. The maximum Gasteiger partial charge on any atom is 0.338 e. The van der Waals surface area contributed by atoms with E-state index in [1.165, 1.54) is 0 Å². The molecule has 0 fully saturated rings. The van der Waals surface area contributed by atoms with Crippen molar-refractivity contribution in [1.82, 2.24) is 0 Å². The largest absolute Gasteiger partial charge is 0.497 e. The lowest BCUT2D eigenvalue weighted by Gasteiger charge is -2.06. The molecule has 4 nitrogen and oxygen atoms in total. The van der Waals surface area contributed by atoms with Crippen LogP contribution >= 0.6 is 0 Å². The smallest absolute Gasteiger partial charge is 0.338 e. The summed E-state index contributed by atoms with van der Waals surface area (Å²) in [6.07, 6.45) is 0. The average molecular weight is 260 g/mol. The first-order valence-corrected chi connectivity index (χ1v) is 5.98. The van der Waals surface area contributed by atoms with Crippen LogP contribution in [0.4, 0.5) is 0 Å². The van der Waals surface area contributed by atoms with Gasteiger partial charge in [0.1, 0.15) is 12.4 Å². The van der Waals surface area contributed by atoms with Gasteiger partial charge in [0.05, 0.1) is 19.3 Å². The summed E-state index contributed by atoms with van der Waals surface area (Å²) >= 11 is 0. The number of rotatable bonds is 5. The van der Waals surface area contributed by atoms with Gasteiger partial charge in [-0.05, 0) is 35.0 Å². The molecular formula is C15H16O4. The fourth-order valence-corrected chi connectivity index (χ4v) is 1.78. The maximum absolute atomic E-state index is 11.8. The molecule has 0 amide bonds. The van der Waals surface area contributed by atoms with Crippen LogP contribution in [0.1, 0.15) is 10.4 Å². The first kappa shape index (κ1) is 13.4. The third-order valence-electron chi connectivity index (χ3n) is 2.80. The lowest BCUT2D eigenvalue weighted by molar-refractivity contribution is 0.0388. The molecule has 0 spiro atoms. The second-order valence-electron chi connectivity index (χ2n) is 4.06. The van der Waals surface area contributed by atoms with E-state index in [0.29, 0.717) is 12.2 Å². The van der Waals surface area contributed by atoms with Crippen LogP contribution in [0.5, 0.6) is 5.75 Å². The number of carbonyl (C=O) groups is 1. The SMILES string of the molecule is COCCOC(=O)c1ccc2cc(OC)ccc2c1. The Kier molecular flexibility index (Phi) is 4.36. The number of carbonyl (C=O) groups excluding carboxylic acids is 1. The van der Waals surface area contributed by atoms with Crippen molar-refractivity contribution in [1.29, 1.82) is 0 Å². The van der Waals surface area contributed by atoms with Gasteiger partial charge in [-0.3, -0.25) is 0 Å². The molecule has 2 rings (SSSR count). The van der Waals surface area contributed by atoms with Crippen LogP contribution in [0, 0.1) is 0 Å². The monoisotopic (exact) mass is 260 g/mol. The van der Waals surface area contributed by atoms with Gasteiger partial charge in [-0.1, -0.05) is 12.1 Å². The summed E-state index contributed by atoms with van der Waals surface area (Å²) in [7, 11) is 3.19. The number of hydrogen-bond donors (Lipinski definition) is 0. The van der Waals surface area contributed by atoms with Crippen LogP contribution in [0.2, 0.25) is 0 Å². The Morgan fingerprint density at radius 3 is 2.47 bits per heavy atom. The third-order valence-corrected chi connectivity index (χ3v) is 2.80. The zero-order valence-electron chi connectivity index (χ0n) is 11.0. The van der Waals surface area contributed by atoms with E-state index in [1.54, 1.807) is 20.3 Å². The van der Waals surface area contributed by atoms with Crippen molar-refractivity contribution in [3.05, 3.63) is 42.0 Å². The second kappa shape index (κ2) is 6.20. The topological polar surface area (TPSA) is 44.8 Å². The molecule has 19 heavy (non-hydrogen) atoms. The van der Waals surface area contributed by atoms with Gasteiger partial charge in [-0.15, -0.1) is 0 Å². The molecule has 0 aliphatic heterocycles. The van der Waals surface area contributed by atoms with Crippen LogP contribution in [0.3, 0.4) is 0 Å². The third kappa shape index (κ3) is 3.23. The van der Waals surface area contributed by atoms with E-state index in [2.05, 4.69) is 0 Å². The first-order chi connectivity index (χ1) is 9.24. The van der Waals surface area contributed by atoms with Crippen molar-refractivity contribution in [3.63, 3.8) is 0 Å². The molecule has 0 N–H and O–H groups in total. The maximum atomic E-state index is 11.8. The fraction of sp³-hybridized carbons (Fsp3) is 0.267. The molecule has 0 saturated heterocycles. The van der Waals surface area contributed by atoms with Crippen molar-refractivity contribution in [3.8, 4) is 5.75 Å². The summed E-state index contributed by atoms with van der Waals surface area (Å²) in [6.45, 7) is 0.659. The lowest BCUT2D eigenvalue weighted by atomic mass is 10.1. The minimum Gasteiger partial charge on any atom is -0.497 e. The molecule has 0 heterocycles. The van der Waals surface area contributed by atoms with E-state index in [4.69, 9.17) is 14.2 Å². The molecule has 0 unspecified atom stereocenters. The normalized spacial score (nSPS) is 10.4. The number of methoxy groups -OCH3 is 2. The molecular weight excluding hydrogens is 244 g/mol. The first-order valence-electron chi connectivity index (χ1n) is 5.98. The van der Waals surface area contributed by atoms with E-state index < -0.39 is 0 Å². The summed E-state index contributed by atoms with van der Waals surface area (Å²) in [4.78, 5) is 11.8. The molecule has 0 aromatic heterocycles. The van der Waals surface area contributed by atoms with Gasteiger partial charge in [0.15, 0.2) is 0 Å². The zero-order valence-corrected chi connectivity index (χ0v) is 11.0. The van der Waals surface area contributed by atoms with Crippen molar-refractivity contribution in [2.45, 2.75) is 0 Å². The highest BCUT2D eigenvalue weighted by molar-refractivity contribution is 5.95. The highest BCUT2D eigenvalue weighted by atomic mass is 16.6. The zero-order chi connectivity index (χ0) is 13.7. The van der Waals surface area contributed by atoms with Gasteiger partial charge in [0.25, 0.3) is 0 Å². The molecule has 2 aromatic rings. The van der Waals surface area contributed by atoms with E-state index in [9.17, 15) is 4.79 Å². The summed E-state index contributed by atoms with van der Waals surface area (Å²) in [6, 6.07) is 11.1. The molecule has 0 radical (unpaired) electrons. The van der Waals surface area contributed by atoms with E-state index in [1.807, 2.05) is 30.3 Å². The van der Waals surface area contributed by atoms with Crippen LogP contribution < -0.4 is 4.74 Å². The van der Waals surface area contributed by atoms with Gasteiger partial charge in [0, 0.05) is 7.11 Å². The standard InChI is InChI=1S/C15H16O4/c1-17-7-8-19-15(16)13-4-3-12-10-14(18-2)6-5-11(12)9-13/h3-6,9-10H,7-8H2,1-2H3. The van der Waals surface area contributed by atoms with E-state index in [0.717, 1.165) is 16.5 Å². The molecule has 0 atom stereocenters. The van der Waals surface area contributed by atoms with Crippen molar-refractivity contribution in [2.75, 3.05) is 27.4 Å². The highest BCUT2D eigenvalue weighted by Gasteiger charge is 2.08. The summed E-state index contributed by atoms with van der Waals surface area (Å²) in [5.41, 5.74) is 0.536. The van der Waals surface area contributed by atoms with Crippen LogP contribution in [-0.2, 0) is 9.47 Å². The van der Waals surface area contributed by atoms with Crippen LogP contribution in [-0.4, -0.2) is 33.4 Å². The Balaban J connectivity index is 2.19. The number of esters is 1. The van der Waals surface area contributed by atoms with E-state index >= 15 is 0 Å². The number of benzene rings is 2. The number of fused-ring (bicyclic) bond motifs is 1. The van der Waals surface area contributed by atoms with Gasteiger partial charge in [-0.2, -0.15) is 0 Å². The van der Waals surface area contributed by atoms with Gasteiger partial charge >= 0.3 is 5.97 Å². The van der Waals surface area contributed by atoms with E-state index in [-0.39, 0.29) is 12.6 Å². The molecule has 0 saturated carbocycles. The summed E-state index contributed by atoms with van der Waals surface area (Å²) in [5.74, 6) is 0.456. The van der Waals surface area contributed by atoms with Crippen molar-refractivity contribution in [2.24, 2.45) is 0 Å². The van der Waals surface area contributed by atoms with Crippen molar-refractivity contribution >= 4 is 16.7 Å². The summed E-state index contributed by atoms with van der Waals surface area (Å²) in [5, 5.41) is 2.00. The molecule has 100 valence electrons.